The zero-order chi connectivity index (χ0) is 12.2. The fourth-order valence-electron chi connectivity index (χ4n) is 1.21. The molecule has 4 nitrogen and oxygen atoms in total. The van der Waals surface area contributed by atoms with Gasteiger partial charge in [-0.1, -0.05) is 19.9 Å². The summed E-state index contributed by atoms with van der Waals surface area (Å²) < 4.78 is 0. The number of carbonyl (C=O) groups excluding carboxylic acids is 2. The lowest BCUT2D eigenvalue weighted by atomic mass is 9.85. The predicted molar refractivity (Wildman–Crippen MR) is 60.2 cm³/mol. The molecule has 85 valence electrons. The van der Waals surface area contributed by atoms with Gasteiger partial charge in [0.15, 0.2) is 0 Å². The highest BCUT2D eigenvalue weighted by Gasteiger charge is 2.28. The van der Waals surface area contributed by atoms with Gasteiger partial charge in [-0.2, -0.15) is 0 Å². The first-order chi connectivity index (χ1) is 7.42. The van der Waals surface area contributed by atoms with Gasteiger partial charge in [-0.25, -0.2) is 0 Å². The van der Waals surface area contributed by atoms with E-state index in [1.807, 2.05) is 6.07 Å². The van der Waals surface area contributed by atoms with Gasteiger partial charge in [0.25, 0.3) is 0 Å². The Bertz CT molecular complexity index is 385. The number of amides is 1. The van der Waals surface area contributed by atoms with E-state index < -0.39 is 11.3 Å². The van der Waals surface area contributed by atoms with Gasteiger partial charge < -0.3 is 5.73 Å². The van der Waals surface area contributed by atoms with E-state index in [1.165, 1.54) is 6.42 Å². The molecule has 1 amide bonds. The molecule has 0 spiro atoms. The smallest absolute Gasteiger partial charge is 0.223 e. The monoisotopic (exact) mass is 219 g/mol. The highest BCUT2D eigenvalue weighted by atomic mass is 16.1. The van der Waals surface area contributed by atoms with Crippen LogP contribution in [0.25, 0.3) is 0 Å². The first-order valence-electron chi connectivity index (χ1n) is 5.00. The van der Waals surface area contributed by atoms with Gasteiger partial charge in [0.1, 0.15) is 5.78 Å². The lowest BCUT2D eigenvalue weighted by molar-refractivity contribution is -0.127. The molecule has 0 aliphatic heterocycles. The van der Waals surface area contributed by atoms with E-state index in [4.69, 9.17) is 5.73 Å². The zero-order valence-corrected chi connectivity index (χ0v) is 9.43. The third-order valence-electron chi connectivity index (χ3n) is 2.24. The van der Waals surface area contributed by atoms with Gasteiger partial charge in [-0.15, -0.1) is 0 Å². The average molecular weight is 219 g/mol. The molecular formula is C12H15N2O2. The van der Waals surface area contributed by atoms with E-state index in [9.17, 15) is 9.59 Å². The first-order valence-corrected chi connectivity index (χ1v) is 5.00. The van der Waals surface area contributed by atoms with E-state index in [2.05, 4.69) is 4.98 Å². The second kappa shape index (κ2) is 4.88. The summed E-state index contributed by atoms with van der Waals surface area (Å²) in [6.45, 7) is 3.23. The Balaban J connectivity index is 2.58. The number of pyridine rings is 1. The third-order valence-corrected chi connectivity index (χ3v) is 2.24. The number of carbonyl (C=O) groups is 2. The highest BCUT2D eigenvalue weighted by Crippen LogP contribution is 2.19. The Hall–Kier alpha value is -1.71. The fourth-order valence-corrected chi connectivity index (χ4v) is 1.21. The summed E-state index contributed by atoms with van der Waals surface area (Å²) in [5.74, 6) is -0.663. The maximum Gasteiger partial charge on any atom is 0.223 e. The topological polar surface area (TPSA) is 73.1 Å². The van der Waals surface area contributed by atoms with Gasteiger partial charge in [-0.05, 0) is 12.1 Å². The standard InChI is InChI=1S/C12H15N2O2/c1-12(2,11(13)16)8-10(15)7-9-5-3-4-6-14-9/h3-6,8H,7H2,1-2H3,(H2,13,16). The minimum absolute atomic E-state index is 0.150. The summed E-state index contributed by atoms with van der Waals surface area (Å²) >= 11 is 0. The summed E-state index contributed by atoms with van der Waals surface area (Å²) in [5, 5.41) is 0. The maximum atomic E-state index is 11.6. The number of hydrogen-bond acceptors (Lipinski definition) is 3. The van der Waals surface area contributed by atoms with Gasteiger partial charge in [0.05, 0.1) is 5.41 Å². The summed E-state index contributed by atoms with van der Waals surface area (Å²) in [6, 6.07) is 5.36. The van der Waals surface area contributed by atoms with Crippen molar-refractivity contribution in [3.63, 3.8) is 0 Å². The summed E-state index contributed by atoms with van der Waals surface area (Å²) in [7, 11) is 0. The van der Waals surface area contributed by atoms with Crippen LogP contribution in [0.15, 0.2) is 24.4 Å². The van der Waals surface area contributed by atoms with Gasteiger partial charge in [0, 0.05) is 24.7 Å². The molecule has 16 heavy (non-hydrogen) atoms. The molecule has 1 heterocycles. The van der Waals surface area contributed by atoms with Crippen LogP contribution >= 0.6 is 0 Å². The Morgan fingerprint density at radius 3 is 2.62 bits per heavy atom. The van der Waals surface area contributed by atoms with Crippen molar-refractivity contribution < 1.29 is 9.59 Å². The third kappa shape index (κ3) is 3.46. The molecule has 0 saturated heterocycles. The van der Waals surface area contributed by atoms with Crippen LogP contribution in [0.5, 0.6) is 0 Å². The molecule has 0 bridgehead atoms. The van der Waals surface area contributed by atoms with Crippen LogP contribution in [-0.4, -0.2) is 16.7 Å². The minimum Gasteiger partial charge on any atom is -0.369 e. The number of primary amides is 1. The van der Waals surface area contributed by atoms with Crippen molar-refractivity contribution in [3.8, 4) is 0 Å². The lowest BCUT2D eigenvalue weighted by Gasteiger charge is -2.18. The Morgan fingerprint density at radius 2 is 2.12 bits per heavy atom. The molecule has 1 radical (unpaired) electrons. The van der Waals surface area contributed by atoms with E-state index in [0.29, 0.717) is 5.69 Å². The molecule has 1 rings (SSSR count). The predicted octanol–water partition coefficient (Wildman–Crippen LogP) is 0.909. The molecule has 4 heteroatoms. The number of nitrogens with zero attached hydrogens (tertiary/aromatic N) is 1. The largest absolute Gasteiger partial charge is 0.369 e. The molecule has 0 aliphatic carbocycles. The van der Waals surface area contributed by atoms with Crippen molar-refractivity contribution in [1.82, 2.24) is 4.98 Å². The molecule has 1 aromatic rings. The molecule has 0 unspecified atom stereocenters. The molecule has 0 fully saturated rings. The second-order valence-corrected chi connectivity index (χ2v) is 4.19. The number of nitrogens with two attached hydrogens (primary N) is 1. The Kier molecular flexibility index (Phi) is 3.77. The van der Waals surface area contributed by atoms with E-state index in [1.54, 1.807) is 32.2 Å². The summed E-state index contributed by atoms with van der Waals surface area (Å²) in [6.07, 6.45) is 3.17. The summed E-state index contributed by atoms with van der Waals surface area (Å²) in [4.78, 5) is 26.7. The molecule has 0 aromatic carbocycles. The van der Waals surface area contributed by atoms with Crippen molar-refractivity contribution in [3.05, 3.63) is 36.5 Å². The average Bonchev–Trinajstić information content (AvgIpc) is 2.17. The lowest BCUT2D eigenvalue weighted by Crippen LogP contribution is -2.34. The number of aromatic nitrogens is 1. The van der Waals surface area contributed by atoms with Crippen molar-refractivity contribution in [2.45, 2.75) is 20.3 Å². The fraction of sp³-hybridized carbons (Fsp3) is 0.333. The van der Waals surface area contributed by atoms with Gasteiger partial charge in [-0.3, -0.25) is 14.6 Å². The van der Waals surface area contributed by atoms with E-state index in [-0.39, 0.29) is 12.2 Å². The first kappa shape index (κ1) is 12.4. The molecule has 0 saturated carbocycles. The van der Waals surface area contributed by atoms with Crippen molar-refractivity contribution >= 4 is 11.7 Å². The van der Waals surface area contributed by atoms with Crippen LogP contribution in [0.1, 0.15) is 19.5 Å². The van der Waals surface area contributed by atoms with Crippen LogP contribution in [0.2, 0.25) is 0 Å². The quantitative estimate of drug-likeness (QED) is 0.799. The van der Waals surface area contributed by atoms with E-state index >= 15 is 0 Å². The SMILES string of the molecule is CC(C)([CH]C(=O)Cc1ccccn1)C(N)=O. The molecule has 2 N–H and O–H groups in total. The molecule has 1 aromatic heterocycles. The van der Waals surface area contributed by atoms with Crippen LogP contribution < -0.4 is 5.73 Å². The second-order valence-electron chi connectivity index (χ2n) is 4.19. The maximum absolute atomic E-state index is 11.6. The van der Waals surface area contributed by atoms with Crippen molar-refractivity contribution in [2.75, 3.05) is 0 Å². The number of Topliss-reactive ketones (excluding diaryl/α,β-unsaturated/α-hetero) is 1. The summed E-state index contributed by atoms with van der Waals surface area (Å²) in [5.41, 5.74) is 4.95. The molecule has 0 aliphatic rings. The van der Waals surface area contributed by atoms with Crippen molar-refractivity contribution in [2.24, 2.45) is 11.1 Å². The highest BCUT2D eigenvalue weighted by molar-refractivity contribution is 5.96. The molecule has 0 atom stereocenters. The van der Waals surface area contributed by atoms with Crippen LogP contribution in [-0.2, 0) is 16.0 Å². The van der Waals surface area contributed by atoms with Gasteiger partial charge in [0.2, 0.25) is 5.91 Å². The number of rotatable bonds is 5. The van der Waals surface area contributed by atoms with Crippen molar-refractivity contribution in [1.29, 1.82) is 0 Å². The van der Waals surface area contributed by atoms with Crippen LogP contribution in [0, 0.1) is 11.8 Å². The molecular weight excluding hydrogens is 204 g/mol. The van der Waals surface area contributed by atoms with Crippen LogP contribution in [0.3, 0.4) is 0 Å². The Morgan fingerprint density at radius 1 is 1.44 bits per heavy atom. The number of ketones is 1. The Labute approximate surface area is 94.9 Å². The normalized spacial score (nSPS) is 11.1. The van der Waals surface area contributed by atoms with Gasteiger partial charge >= 0.3 is 0 Å². The zero-order valence-electron chi connectivity index (χ0n) is 9.43. The van der Waals surface area contributed by atoms with E-state index in [0.717, 1.165) is 0 Å². The van der Waals surface area contributed by atoms with Crippen LogP contribution in [0.4, 0.5) is 0 Å². The number of hydrogen-bond donors (Lipinski definition) is 1. The minimum atomic E-state index is -0.911.